The molecule has 128 valence electrons. The summed E-state index contributed by atoms with van der Waals surface area (Å²) in [5, 5.41) is 3.86. The predicted molar refractivity (Wildman–Crippen MR) is 96.3 cm³/mol. The molecule has 1 atom stereocenters. The second-order valence-electron chi connectivity index (χ2n) is 5.32. The number of halogens is 2. The standard InChI is InChI=1S/C18H19Cl2NO3/c1-11(14-10-13(23-2)5-7-17(14)24-3)21-18(22)9-12-4-6-15(19)16(20)8-12/h4-8,10-11H,9H2,1-3H3,(H,21,22)/t11-/m1/s1. The van der Waals surface area contributed by atoms with Crippen LogP contribution in [0.5, 0.6) is 11.5 Å². The van der Waals surface area contributed by atoms with Crippen LogP contribution in [0.3, 0.4) is 0 Å². The molecule has 2 rings (SSSR count). The fraction of sp³-hybridized carbons (Fsp3) is 0.278. The van der Waals surface area contributed by atoms with Crippen LogP contribution in [-0.4, -0.2) is 20.1 Å². The first kappa shape index (κ1) is 18.4. The number of carbonyl (C=O) groups is 1. The maximum Gasteiger partial charge on any atom is 0.224 e. The Bertz CT molecular complexity index is 734. The van der Waals surface area contributed by atoms with E-state index in [4.69, 9.17) is 32.7 Å². The van der Waals surface area contributed by atoms with Gasteiger partial charge in [0.15, 0.2) is 0 Å². The molecule has 0 saturated carbocycles. The molecule has 4 nitrogen and oxygen atoms in total. The van der Waals surface area contributed by atoms with E-state index in [1.165, 1.54) is 0 Å². The Morgan fingerprint density at radius 1 is 1.08 bits per heavy atom. The zero-order valence-corrected chi connectivity index (χ0v) is 15.2. The minimum atomic E-state index is -0.231. The lowest BCUT2D eigenvalue weighted by molar-refractivity contribution is -0.121. The zero-order valence-electron chi connectivity index (χ0n) is 13.7. The van der Waals surface area contributed by atoms with Gasteiger partial charge in [-0.25, -0.2) is 0 Å². The van der Waals surface area contributed by atoms with Gasteiger partial charge in [0.2, 0.25) is 5.91 Å². The van der Waals surface area contributed by atoms with Crippen molar-refractivity contribution in [3.05, 3.63) is 57.6 Å². The molecular formula is C18H19Cl2NO3. The van der Waals surface area contributed by atoms with Crippen LogP contribution in [0, 0.1) is 0 Å². The van der Waals surface area contributed by atoms with Crippen LogP contribution in [-0.2, 0) is 11.2 Å². The number of methoxy groups -OCH3 is 2. The maximum atomic E-state index is 12.3. The summed E-state index contributed by atoms with van der Waals surface area (Å²) in [7, 11) is 3.19. The summed E-state index contributed by atoms with van der Waals surface area (Å²) in [4.78, 5) is 12.3. The predicted octanol–water partition coefficient (Wildman–Crippen LogP) is 4.43. The van der Waals surface area contributed by atoms with Crippen LogP contribution in [0.25, 0.3) is 0 Å². The summed E-state index contributed by atoms with van der Waals surface area (Å²) in [6, 6.07) is 10.4. The first-order valence-electron chi connectivity index (χ1n) is 7.39. The van der Waals surface area contributed by atoms with Gasteiger partial charge in [0.05, 0.1) is 36.7 Å². The van der Waals surface area contributed by atoms with Gasteiger partial charge in [-0.3, -0.25) is 4.79 Å². The fourth-order valence-corrected chi connectivity index (χ4v) is 2.70. The highest BCUT2D eigenvalue weighted by molar-refractivity contribution is 6.42. The van der Waals surface area contributed by atoms with Crippen LogP contribution in [0.2, 0.25) is 10.0 Å². The van der Waals surface area contributed by atoms with Crippen molar-refractivity contribution in [1.29, 1.82) is 0 Å². The van der Waals surface area contributed by atoms with Gasteiger partial charge in [0.1, 0.15) is 11.5 Å². The summed E-state index contributed by atoms with van der Waals surface area (Å²) in [6.07, 6.45) is 0.216. The molecule has 0 unspecified atom stereocenters. The highest BCUT2D eigenvalue weighted by atomic mass is 35.5. The van der Waals surface area contributed by atoms with Crippen molar-refractivity contribution >= 4 is 29.1 Å². The van der Waals surface area contributed by atoms with Crippen molar-refractivity contribution in [2.75, 3.05) is 14.2 Å². The monoisotopic (exact) mass is 367 g/mol. The maximum absolute atomic E-state index is 12.3. The molecule has 1 N–H and O–H groups in total. The quantitative estimate of drug-likeness (QED) is 0.821. The molecule has 0 aromatic heterocycles. The van der Waals surface area contributed by atoms with Gasteiger partial charge in [0, 0.05) is 5.56 Å². The Morgan fingerprint density at radius 3 is 2.46 bits per heavy atom. The normalized spacial score (nSPS) is 11.7. The fourth-order valence-electron chi connectivity index (χ4n) is 2.38. The lowest BCUT2D eigenvalue weighted by atomic mass is 10.1. The first-order valence-corrected chi connectivity index (χ1v) is 8.15. The summed E-state index contributed by atoms with van der Waals surface area (Å²) < 4.78 is 10.6. The molecule has 0 aliphatic rings. The topological polar surface area (TPSA) is 47.6 Å². The van der Waals surface area contributed by atoms with Gasteiger partial charge in [-0.2, -0.15) is 0 Å². The third-order valence-electron chi connectivity index (χ3n) is 3.63. The molecule has 2 aromatic rings. The average molecular weight is 368 g/mol. The summed E-state index contributed by atoms with van der Waals surface area (Å²) in [5.74, 6) is 1.28. The minimum absolute atomic E-state index is 0.120. The Labute approximate surface area is 151 Å². The zero-order chi connectivity index (χ0) is 17.7. The summed E-state index contributed by atoms with van der Waals surface area (Å²) in [5.41, 5.74) is 1.64. The first-order chi connectivity index (χ1) is 11.4. The molecule has 1 amide bonds. The van der Waals surface area contributed by atoms with E-state index in [1.807, 2.05) is 25.1 Å². The molecule has 0 saturated heterocycles. The van der Waals surface area contributed by atoms with Crippen LogP contribution < -0.4 is 14.8 Å². The van der Waals surface area contributed by atoms with Gasteiger partial charge in [-0.1, -0.05) is 29.3 Å². The molecule has 0 bridgehead atoms. The number of hydrogen-bond acceptors (Lipinski definition) is 3. The third-order valence-corrected chi connectivity index (χ3v) is 4.37. The van der Waals surface area contributed by atoms with E-state index in [-0.39, 0.29) is 18.4 Å². The second kappa shape index (κ2) is 8.27. The van der Waals surface area contributed by atoms with Crippen LogP contribution in [0.1, 0.15) is 24.1 Å². The Kier molecular flexibility index (Phi) is 6.35. The van der Waals surface area contributed by atoms with Gasteiger partial charge in [-0.05, 0) is 42.8 Å². The van der Waals surface area contributed by atoms with Gasteiger partial charge < -0.3 is 14.8 Å². The van der Waals surface area contributed by atoms with Crippen LogP contribution in [0.4, 0.5) is 0 Å². The molecule has 0 radical (unpaired) electrons. The van der Waals surface area contributed by atoms with Gasteiger partial charge in [0.25, 0.3) is 0 Å². The number of rotatable bonds is 6. The van der Waals surface area contributed by atoms with E-state index in [1.54, 1.807) is 32.4 Å². The average Bonchev–Trinajstić information content (AvgIpc) is 2.57. The molecule has 0 aliphatic carbocycles. The van der Waals surface area contributed by atoms with Gasteiger partial charge in [-0.15, -0.1) is 0 Å². The minimum Gasteiger partial charge on any atom is -0.497 e. The molecule has 24 heavy (non-hydrogen) atoms. The molecule has 0 heterocycles. The Morgan fingerprint density at radius 2 is 1.83 bits per heavy atom. The SMILES string of the molecule is COc1ccc(OC)c([C@@H](C)NC(=O)Cc2ccc(Cl)c(Cl)c2)c1. The number of carbonyl (C=O) groups excluding carboxylic acids is 1. The van der Waals surface area contributed by atoms with E-state index in [0.29, 0.717) is 21.5 Å². The van der Waals surface area contributed by atoms with Crippen molar-refractivity contribution in [3.8, 4) is 11.5 Å². The van der Waals surface area contributed by atoms with Crippen molar-refractivity contribution < 1.29 is 14.3 Å². The number of ether oxygens (including phenoxy) is 2. The van der Waals surface area contributed by atoms with Crippen molar-refractivity contribution in [1.82, 2.24) is 5.32 Å². The van der Waals surface area contributed by atoms with E-state index in [2.05, 4.69) is 5.32 Å². The summed E-state index contributed by atoms with van der Waals surface area (Å²) in [6.45, 7) is 1.89. The van der Waals surface area contributed by atoms with Crippen molar-refractivity contribution in [2.24, 2.45) is 0 Å². The summed E-state index contributed by atoms with van der Waals surface area (Å²) >= 11 is 11.9. The van der Waals surface area contributed by atoms with E-state index < -0.39 is 0 Å². The second-order valence-corrected chi connectivity index (χ2v) is 6.14. The number of hydrogen-bond donors (Lipinski definition) is 1. The largest absolute Gasteiger partial charge is 0.497 e. The third kappa shape index (κ3) is 4.56. The number of nitrogens with one attached hydrogen (secondary N) is 1. The highest BCUT2D eigenvalue weighted by Crippen LogP contribution is 2.29. The smallest absolute Gasteiger partial charge is 0.224 e. The molecule has 0 aliphatic heterocycles. The van der Waals surface area contributed by atoms with E-state index >= 15 is 0 Å². The van der Waals surface area contributed by atoms with Crippen molar-refractivity contribution in [3.63, 3.8) is 0 Å². The lowest BCUT2D eigenvalue weighted by Crippen LogP contribution is -2.28. The van der Waals surface area contributed by atoms with E-state index in [9.17, 15) is 4.79 Å². The van der Waals surface area contributed by atoms with Crippen LogP contribution >= 0.6 is 23.2 Å². The molecule has 0 spiro atoms. The molecular weight excluding hydrogens is 349 g/mol. The van der Waals surface area contributed by atoms with Crippen molar-refractivity contribution in [2.45, 2.75) is 19.4 Å². The lowest BCUT2D eigenvalue weighted by Gasteiger charge is -2.18. The van der Waals surface area contributed by atoms with Crippen LogP contribution in [0.15, 0.2) is 36.4 Å². The molecule has 2 aromatic carbocycles. The highest BCUT2D eigenvalue weighted by Gasteiger charge is 2.15. The molecule has 6 heteroatoms. The Balaban J connectivity index is 2.09. The number of amides is 1. The molecule has 0 fully saturated rings. The van der Waals surface area contributed by atoms with Gasteiger partial charge >= 0.3 is 0 Å². The Hall–Kier alpha value is -1.91. The van der Waals surface area contributed by atoms with E-state index in [0.717, 1.165) is 11.1 Å². The number of benzene rings is 2.